The molecule has 0 bridgehead atoms. The molecule has 0 radical (unpaired) electrons. The van der Waals surface area contributed by atoms with E-state index in [-0.39, 0.29) is 29.3 Å². The quantitative estimate of drug-likeness (QED) is 0.304. The van der Waals surface area contributed by atoms with Crippen molar-refractivity contribution >= 4 is 45.7 Å². The second-order valence-electron chi connectivity index (χ2n) is 6.29. The van der Waals surface area contributed by atoms with Crippen molar-refractivity contribution in [3.05, 3.63) is 48.4 Å². The van der Waals surface area contributed by atoms with E-state index in [4.69, 9.17) is 18.4 Å². The third-order valence-electron chi connectivity index (χ3n) is 4.12. The van der Waals surface area contributed by atoms with E-state index < -0.39 is 5.91 Å². The smallest absolute Gasteiger partial charge is 0.279 e. The lowest BCUT2D eigenvalue weighted by Crippen LogP contribution is -2.13. The zero-order chi connectivity index (χ0) is 21.9. The van der Waals surface area contributed by atoms with Crippen LogP contribution in [-0.2, 0) is 4.79 Å². The zero-order valence-corrected chi connectivity index (χ0v) is 17.7. The summed E-state index contributed by atoms with van der Waals surface area (Å²) in [6.07, 6.45) is 1.49. The lowest BCUT2D eigenvalue weighted by Gasteiger charge is -2.05. The number of benzene rings is 1. The largest absolute Gasteiger partial charge is 0.461 e. The van der Waals surface area contributed by atoms with Gasteiger partial charge < -0.3 is 23.7 Å². The molecule has 1 aliphatic heterocycles. The van der Waals surface area contributed by atoms with E-state index in [2.05, 4.69) is 26.0 Å². The molecule has 1 aromatic carbocycles. The van der Waals surface area contributed by atoms with Gasteiger partial charge in [-0.25, -0.2) is 0 Å². The highest BCUT2D eigenvalue weighted by Gasteiger charge is 2.18. The van der Waals surface area contributed by atoms with Crippen LogP contribution in [0.2, 0.25) is 0 Å². The summed E-state index contributed by atoms with van der Waals surface area (Å²) in [7, 11) is 0. The number of nitrogens with zero attached hydrogens (tertiary/aromatic N) is 3. The van der Waals surface area contributed by atoms with Gasteiger partial charge in [0.1, 0.15) is 0 Å². The Bertz CT molecular complexity index is 1270. The van der Waals surface area contributed by atoms with E-state index in [0.717, 1.165) is 11.3 Å². The van der Waals surface area contributed by atoms with Crippen molar-refractivity contribution in [2.75, 3.05) is 23.2 Å². The molecule has 0 aliphatic carbocycles. The molecule has 162 valence electrons. The van der Waals surface area contributed by atoms with E-state index >= 15 is 0 Å². The van der Waals surface area contributed by atoms with Gasteiger partial charge in [0.15, 0.2) is 27.3 Å². The number of ether oxygens (including phenoxy) is 2. The van der Waals surface area contributed by atoms with Crippen LogP contribution >= 0.6 is 23.1 Å². The predicted molar refractivity (Wildman–Crippen MR) is 114 cm³/mol. The van der Waals surface area contributed by atoms with Crippen molar-refractivity contribution in [1.82, 2.24) is 15.4 Å². The summed E-state index contributed by atoms with van der Waals surface area (Å²) in [5, 5.41) is 17.3. The standard InChI is InChI=1S/C19H13N5O6S2/c25-16(20-10-3-4-13-14(6-10)29-9-28-13)8-31-19-23-22-18(32-19)21-17(26)11-7-15(30-24-11)12-2-1-5-27-12/h1-7H,8-9H2,(H,20,25)(H,21,22,26). The Morgan fingerprint density at radius 2 is 1.97 bits per heavy atom. The first-order valence-electron chi connectivity index (χ1n) is 9.12. The number of aromatic nitrogens is 3. The number of nitrogens with one attached hydrogen (secondary N) is 2. The second kappa shape index (κ2) is 8.72. The number of carbonyl (C=O) groups excluding carboxylic acids is 2. The minimum Gasteiger partial charge on any atom is -0.461 e. The van der Waals surface area contributed by atoms with Crippen molar-refractivity contribution in [3.8, 4) is 23.0 Å². The topological polar surface area (TPSA) is 142 Å². The van der Waals surface area contributed by atoms with E-state index in [9.17, 15) is 9.59 Å². The van der Waals surface area contributed by atoms with Crippen LogP contribution in [0.15, 0.2) is 55.9 Å². The number of fused-ring (bicyclic) bond motifs is 1. The summed E-state index contributed by atoms with van der Waals surface area (Å²) in [5.41, 5.74) is 0.676. The van der Waals surface area contributed by atoms with E-state index in [0.29, 0.717) is 33.0 Å². The van der Waals surface area contributed by atoms with Crippen molar-refractivity contribution < 1.29 is 28.0 Å². The van der Waals surface area contributed by atoms with Crippen molar-refractivity contribution in [1.29, 1.82) is 0 Å². The monoisotopic (exact) mass is 471 g/mol. The Labute approximate surface area is 188 Å². The summed E-state index contributed by atoms with van der Waals surface area (Å²) in [6.45, 7) is 0.167. The van der Waals surface area contributed by atoms with Crippen molar-refractivity contribution in [2.45, 2.75) is 4.34 Å². The normalized spacial score (nSPS) is 12.0. The number of carbonyl (C=O) groups is 2. The molecular formula is C19H13N5O6S2. The van der Waals surface area contributed by atoms with Crippen molar-refractivity contribution in [2.24, 2.45) is 0 Å². The minimum atomic E-state index is -0.500. The number of amides is 2. The average molecular weight is 471 g/mol. The molecule has 4 heterocycles. The molecule has 0 atom stereocenters. The van der Waals surface area contributed by atoms with Gasteiger partial charge in [0.05, 0.1) is 12.0 Å². The number of furan rings is 1. The first-order chi connectivity index (χ1) is 15.6. The van der Waals surface area contributed by atoms with Crippen LogP contribution in [-0.4, -0.2) is 39.7 Å². The van der Waals surface area contributed by atoms with Gasteiger partial charge in [-0.1, -0.05) is 28.3 Å². The van der Waals surface area contributed by atoms with E-state index in [1.54, 1.807) is 30.3 Å². The predicted octanol–water partition coefficient (Wildman–Crippen LogP) is 3.50. The average Bonchev–Trinajstić information content (AvgIpc) is 3.59. The maximum Gasteiger partial charge on any atom is 0.279 e. The van der Waals surface area contributed by atoms with Gasteiger partial charge in [-0.2, -0.15) is 0 Å². The van der Waals surface area contributed by atoms with Gasteiger partial charge in [0.2, 0.25) is 23.6 Å². The SMILES string of the molecule is O=C(CSc1nnc(NC(=O)c2cc(-c3ccco3)on2)s1)Nc1ccc2c(c1)OCO2. The minimum absolute atomic E-state index is 0.0731. The molecule has 2 N–H and O–H groups in total. The number of hydrogen-bond donors (Lipinski definition) is 2. The Balaban J connectivity index is 1.13. The molecule has 1 aliphatic rings. The molecule has 0 saturated carbocycles. The van der Waals surface area contributed by atoms with Gasteiger partial charge in [0.25, 0.3) is 5.91 Å². The van der Waals surface area contributed by atoms with Crippen molar-refractivity contribution in [3.63, 3.8) is 0 Å². The molecule has 0 fully saturated rings. The highest BCUT2D eigenvalue weighted by molar-refractivity contribution is 8.01. The Morgan fingerprint density at radius 1 is 1.06 bits per heavy atom. The lowest BCUT2D eigenvalue weighted by atomic mass is 10.3. The fourth-order valence-corrected chi connectivity index (χ4v) is 4.24. The van der Waals surface area contributed by atoms with Gasteiger partial charge in [-0.05, 0) is 24.3 Å². The van der Waals surface area contributed by atoms with Crippen LogP contribution in [0, 0.1) is 0 Å². The molecule has 2 amide bonds. The Hall–Kier alpha value is -3.84. The summed E-state index contributed by atoms with van der Waals surface area (Å²) >= 11 is 2.34. The first kappa shape index (κ1) is 20.1. The van der Waals surface area contributed by atoms with Gasteiger partial charge in [-0.3, -0.25) is 14.9 Å². The molecule has 4 aromatic rings. The molecule has 3 aromatic heterocycles. The van der Waals surface area contributed by atoms with Crippen LogP contribution in [0.3, 0.4) is 0 Å². The molecule has 11 nitrogen and oxygen atoms in total. The molecule has 5 rings (SSSR count). The Kier molecular flexibility index (Phi) is 5.47. The third kappa shape index (κ3) is 4.43. The highest BCUT2D eigenvalue weighted by Crippen LogP contribution is 2.34. The summed E-state index contributed by atoms with van der Waals surface area (Å²) in [5.74, 6) is 1.43. The van der Waals surface area contributed by atoms with Crippen LogP contribution in [0.1, 0.15) is 10.5 Å². The van der Waals surface area contributed by atoms with Gasteiger partial charge in [0, 0.05) is 17.8 Å². The fraction of sp³-hybridized carbons (Fsp3) is 0.105. The number of thioether (sulfide) groups is 1. The number of hydrogen-bond acceptors (Lipinski definition) is 11. The van der Waals surface area contributed by atoms with E-state index in [1.807, 2.05) is 0 Å². The maximum absolute atomic E-state index is 12.3. The van der Waals surface area contributed by atoms with Crippen LogP contribution in [0.25, 0.3) is 11.5 Å². The molecule has 0 unspecified atom stereocenters. The van der Waals surface area contributed by atoms with E-state index in [1.165, 1.54) is 24.1 Å². The summed E-state index contributed by atoms with van der Waals surface area (Å²) in [6, 6.07) is 10.0. The van der Waals surface area contributed by atoms with Crippen LogP contribution < -0.4 is 20.1 Å². The van der Waals surface area contributed by atoms with Crippen LogP contribution in [0.4, 0.5) is 10.8 Å². The van der Waals surface area contributed by atoms with Gasteiger partial charge in [-0.15, -0.1) is 10.2 Å². The van der Waals surface area contributed by atoms with Gasteiger partial charge >= 0.3 is 0 Å². The summed E-state index contributed by atoms with van der Waals surface area (Å²) < 4.78 is 21.4. The number of rotatable bonds is 7. The zero-order valence-electron chi connectivity index (χ0n) is 16.1. The maximum atomic E-state index is 12.3. The second-order valence-corrected chi connectivity index (χ2v) is 8.49. The third-order valence-corrected chi connectivity index (χ3v) is 6.09. The number of anilines is 2. The molecule has 0 saturated heterocycles. The first-order valence-corrected chi connectivity index (χ1v) is 10.9. The van der Waals surface area contributed by atoms with Crippen LogP contribution in [0.5, 0.6) is 11.5 Å². The highest BCUT2D eigenvalue weighted by atomic mass is 32.2. The molecule has 0 spiro atoms. The molecule has 13 heteroatoms. The Morgan fingerprint density at radius 3 is 2.84 bits per heavy atom. The fourth-order valence-electron chi connectivity index (χ4n) is 2.70. The summed E-state index contributed by atoms with van der Waals surface area (Å²) in [4.78, 5) is 24.6. The molecule has 32 heavy (non-hydrogen) atoms. The lowest BCUT2D eigenvalue weighted by molar-refractivity contribution is -0.113. The molecular weight excluding hydrogens is 458 g/mol.